The number of aliphatic carboxylic acids is 1. The number of rotatable bonds is 10. The van der Waals surface area contributed by atoms with Crippen LogP contribution in [0.4, 0.5) is 35.1 Å². The van der Waals surface area contributed by atoms with Crippen molar-refractivity contribution >= 4 is 100 Å². The number of alkyl halides is 8. The monoisotopic (exact) mass is 1800 g/mol. The number of carbonyl (C=O) groups excluding carboxylic acids is 10. The summed E-state index contributed by atoms with van der Waals surface area (Å²) in [5.74, 6) is -13.0. The van der Waals surface area contributed by atoms with E-state index in [-0.39, 0.29) is 92.9 Å². The van der Waals surface area contributed by atoms with Crippen molar-refractivity contribution in [1.29, 1.82) is 0 Å². The Morgan fingerprint density at radius 2 is 0.653 bits per heavy atom. The van der Waals surface area contributed by atoms with Crippen LogP contribution in [0.5, 0.6) is 0 Å². The van der Waals surface area contributed by atoms with Gasteiger partial charge in [0.1, 0.15) is 30.3 Å². The number of ketones is 4. The maximum absolute atomic E-state index is 17.2. The molecule has 36 atom stereocenters. The summed E-state index contributed by atoms with van der Waals surface area (Å²) < 4.78 is 147. The summed E-state index contributed by atoms with van der Waals surface area (Å²) >= 11 is 12.1. The number of hydrogen-bond donors (Lipinski definition) is 9. The third-order valence-electron chi connectivity index (χ3n) is 35.6. The average Bonchev–Trinajstić information content (AvgIpc) is 1.26. The van der Waals surface area contributed by atoms with Gasteiger partial charge in [-0.3, -0.25) is 47.9 Å². The van der Waals surface area contributed by atoms with E-state index in [1.165, 1.54) is 83.2 Å². The molecular weight excluding hydrogens is 1690 g/mol. The average molecular weight is 1800 g/mol. The first-order valence-electron chi connectivity index (χ1n) is 43.3. The highest BCUT2D eigenvalue weighted by Crippen LogP contribution is 2.78. The van der Waals surface area contributed by atoms with Gasteiger partial charge in [0.2, 0.25) is 20.9 Å². The zero-order valence-corrected chi connectivity index (χ0v) is 75.0. The van der Waals surface area contributed by atoms with E-state index in [9.17, 15) is 83.4 Å². The third kappa shape index (κ3) is 12.2. The minimum absolute atomic E-state index is 0.0133. The number of carboxylic acid groups (broad SMARTS) is 1. The Bertz CT molecular complexity index is 4840. The van der Waals surface area contributed by atoms with Crippen LogP contribution in [-0.2, 0) is 67.0 Å². The molecule has 12 fully saturated rings. The van der Waals surface area contributed by atoms with Crippen LogP contribution in [0.25, 0.3) is 0 Å². The van der Waals surface area contributed by atoms with E-state index in [0.717, 1.165) is 24.3 Å². The zero-order valence-electron chi connectivity index (χ0n) is 72.3. The normalized spacial score (nSPS) is 50.8. The van der Waals surface area contributed by atoms with Crippen molar-refractivity contribution in [2.24, 2.45) is 114 Å². The molecule has 124 heavy (non-hydrogen) atoms. The summed E-state index contributed by atoms with van der Waals surface area (Å²) in [5.41, 5.74) is -26.5. The number of aliphatic hydroxyl groups excluding tert-OH is 4. The molecule has 16 rings (SSSR count). The Labute approximate surface area is 732 Å². The van der Waals surface area contributed by atoms with Crippen LogP contribution in [0.3, 0.4) is 0 Å². The van der Waals surface area contributed by atoms with Gasteiger partial charge in [0, 0.05) is 105 Å². The Hall–Kier alpha value is -6.22. The highest BCUT2D eigenvalue weighted by Gasteiger charge is 2.84. The van der Waals surface area contributed by atoms with E-state index in [1.807, 2.05) is 6.92 Å². The minimum atomic E-state index is -2.30. The predicted octanol–water partition coefficient (Wildman–Crippen LogP) is 13.5. The van der Waals surface area contributed by atoms with Gasteiger partial charge in [-0.05, 0) is 212 Å². The van der Waals surface area contributed by atoms with Gasteiger partial charge in [-0.25, -0.2) is 39.9 Å². The molecule has 20 nitrogen and oxygen atoms in total. The van der Waals surface area contributed by atoms with E-state index < -0.39 is 271 Å². The molecule has 0 bridgehead atoms. The molecule has 0 aliphatic heterocycles. The van der Waals surface area contributed by atoms with Crippen LogP contribution in [0.15, 0.2) is 95.2 Å². The molecule has 31 heteroatoms. The SMILES string of the molecule is CC(=O)O[C@]1(C(=O)S)[C@H](C)C[C@H]2[C@@H]3C[C@H](F)C4=CC(=O)C=C[C@]4(C)[C@@]3(F)[C@@H](O)C[C@@]21C.CCC(=O)O[C@]1(C(=O)O)[C@H](C)C[C@H]2[C@@H]3C[C@H](F)C4=CC(=O)C=C[C@]4(C)[C@@]3(F)[C@@H](O)C[C@@]21C.CCCC(=O)O[C@]1(C(=O)S)[C@H](C)C[C@H]2[C@@H]3C[C@H](F)C4=CC(=O)C=C[C@]4(C)[C@@]3(F)[C@@H](O)C[C@@]21C.C[C@@H]1C[C@H]2[C@@H]3C[C@H](F)C4=CC(=O)C=C[C@]4(C)[C@@]3(F)[C@@H](O)C[C@]2(C)[C@@]1(O)C(=O)S. The second-order valence-electron chi connectivity index (χ2n) is 40.8. The van der Waals surface area contributed by atoms with Gasteiger partial charge in [-0.2, -0.15) is 0 Å². The molecule has 6 N–H and O–H groups in total. The lowest BCUT2D eigenvalue weighted by atomic mass is 9.44. The third-order valence-corrected chi connectivity index (χ3v) is 36.6. The number of halogens is 8. The number of carbonyl (C=O) groups is 11. The molecule has 12 saturated carbocycles. The molecule has 0 radical (unpaired) electrons. The van der Waals surface area contributed by atoms with Gasteiger partial charge < -0.3 is 44.8 Å². The molecule has 0 unspecified atom stereocenters. The summed E-state index contributed by atoms with van der Waals surface area (Å²) in [6, 6.07) is 0. The Balaban J connectivity index is 0.000000142. The van der Waals surface area contributed by atoms with Crippen molar-refractivity contribution in [1.82, 2.24) is 0 Å². The molecule has 682 valence electrons. The number of aliphatic hydroxyl groups is 5. The Morgan fingerprint density at radius 3 is 0.919 bits per heavy atom. The summed E-state index contributed by atoms with van der Waals surface area (Å²) in [6.45, 7) is 24.3. The molecule has 0 amide bonds. The highest BCUT2D eigenvalue weighted by molar-refractivity contribution is 7.97. The van der Waals surface area contributed by atoms with E-state index in [4.69, 9.17) is 14.2 Å². The second kappa shape index (κ2) is 31.0. The number of allylic oxidation sites excluding steroid dienone is 16. The molecule has 0 heterocycles. The molecule has 0 spiro atoms. The number of esters is 3. The number of carboxylic acids is 1. The van der Waals surface area contributed by atoms with E-state index in [2.05, 4.69) is 37.9 Å². The maximum atomic E-state index is 17.2. The standard InChI is InChI=1S/C25H32F2O5S.C24H30F2O6.C23H28F2O5S.C21H26F2O4S/c1-5-6-20(30)32-25(21(31)33)13(2)9-15-16-11-18(26)17-10-14(28)7-8-22(17,3)24(16,27)19(29)12-23(15,25)4;1-5-19(29)32-24(20(30)31)12(2)8-14-15-10-17(25)16-9-13(27)6-7-21(16,3)23(15,26)18(28)11-22(14,24)4;1-11-7-14-15-9-17(24)16-8-13(27)5-6-20(16,3)22(15,25)18(28)10-21(14,4)23(11,19(29)31)30-12(2)26;1-10-6-12-13-8-15(22)14-7-11(24)4-5-18(14,2)20(13,23)16(25)9-19(12,3)21(10,27)17(26)28/h7-8,10,13,15-16,18-19,29H,5-6,9,11-12H2,1-4H3,(H,31,33);6-7,9,12,14-15,17-18,28H,5,8,10-11H2,1-4H3,(H,30,31);5-6,8,11,14-15,17-18,28H,7,9-10H2,1-4H3,(H,29,31);4-5,7,10,12-13,15-16,25,27H,6,8-9H2,1-3H3,(H,26,28)/t13-,15+,16+,18+,19+,22+,23+,24+,25+;12-,14+,15+,17+,18+,21+,22+,23+,24+;11-,14+,15+,17+,18+,20+,21+,22+,23+;10-,12+,13+,15+,16+,18+,19+,20+,21+/m1111/s1. The highest BCUT2D eigenvalue weighted by atomic mass is 32.1. The van der Waals surface area contributed by atoms with E-state index in [1.54, 1.807) is 62.3 Å². The largest absolute Gasteiger partial charge is 0.478 e. The van der Waals surface area contributed by atoms with Gasteiger partial charge in [-0.15, -0.1) is 37.9 Å². The Kier molecular flexibility index (Phi) is 23.8. The first-order chi connectivity index (χ1) is 57.2. The van der Waals surface area contributed by atoms with Crippen LogP contribution < -0.4 is 0 Å². The molecule has 0 aromatic rings. The van der Waals surface area contributed by atoms with Crippen molar-refractivity contribution in [3.63, 3.8) is 0 Å². The summed E-state index contributed by atoms with van der Waals surface area (Å²) in [6.07, 6.45) is 2.54. The predicted molar refractivity (Wildman–Crippen MR) is 445 cm³/mol. The van der Waals surface area contributed by atoms with Crippen molar-refractivity contribution < 1.29 is 133 Å². The minimum Gasteiger partial charge on any atom is -0.478 e. The van der Waals surface area contributed by atoms with Crippen LogP contribution in [0.2, 0.25) is 0 Å². The van der Waals surface area contributed by atoms with Gasteiger partial charge in [0.05, 0.1) is 24.4 Å². The van der Waals surface area contributed by atoms with E-state index >= 15 is 35.1 Å². The fraction of sp³-hybridized carbons (Fsp3) is 0.710. The summed E-state index contributed by atoms with van der Waals surface area (Å²) in [4.78, 5) is 135. The lowest BCUT2D eigenvalue weighted by Gasteiger charge is -2.63. The lowest BCUT2D eigenvalue weighted by molar-refractivity contribution is -0.237. The first kappa shape index (κ1) is 95.4. The molecule has 16 aliphatic rings. The molecule has 16 aliphatic carbocycles. The summed E-state index contributed by atoms with van der Waals surface area (Å²) in [7, 11) is 0. The smallest absolute Gasteiger partial charge is 0.349 e. The maximum Gasteiger partial charge on any atom is 0.349 e. The van der Waals surface area contributed by atoms with Crippen LogP contribution >= 0.6 is 37.9 Å². The first-order valence-corrected chi connectivity index (χ1v) is 44.7. The van der Waals surface area contributed by atoms with Gasteiger partial charge in [0.25, 0.3) is 0 Å². The van der Waals surface area contributed by atoms with Crippen LogP contribution in [0, 0.1) is 114 Å². The quantitative estimate of drug-likeness (QED) is 0.0425. The number of fused-ring (bicyclic) bond motifs is 20. The lowest BCUT2D eigenvalue weighted by Crippen LogP contribution is -2.71. The van der Waals surface area contributed by atoms with Crippen molar-refractivity contribution in [2.45, 2.75) is 294 Å². The number of hydrogen-bond acceptors (Lipinski definition) is 19. The fourth-order valence-electron chi connectivity index (χ4n) is 29.6. The van der Waals surface area contributed by atoms with Gasteiger partial charge >= 0.3 is 23.9 Å². The fourth-order valence-corrected chi connectivity index (χ4v) is 31.1. The van der Waals surface area contributed by atoms with Crippen LogP contribution in [-0.4, -0.2) is 187 Å². The zero-order chi connectivity index (χ0) is 92.4. The number of ether oxygens (including phenoxy) is 3. The molecule has 0 aromatic heterocycles. The second-order valence-corrected chi connectivity index (χ2v) is 42.0. The molecular formula is C93H116F8O20S3. The van der Waals surface area contributed by atoms with Gasteiger partial charge in [0.15, 0.2) is 57.0 Å². The molecule has 0 saturated heterocycles. The van der Waals surface area contributed by atoms with Crippen LogP contribution in [0.1, 0.15) is 200 Å². The van der Waals surface area contributed by atoms with E-state index in [0.29, 0.717) is 25.7 Å². The van der Waals surface area contributed by atoms with Crippen molar-refractivity contribution in [3.05, 3.63) is 95.2 Å². The number of thiol groups is 3. The Morgan fingerprint density at radius 1 is 0.395 bits per heavy atom. The van der Waals surface area contributed by atoms with Crippen molar-refractivity contribution in [3.8, 4) is 0 Å². The van der Waals surface area contributed by atoms with Crippen molar-refractivity contribution in [2.75, 3.05) is 0 Å². The summed E-state index contributed by atoms with van der Waals surface area (Å²) in [5, 5.41) is 64.4. The van der Waals surface area contributed by atoms with Gasteiger partial charge in [-0.1, -0.05) is 93.5 Å². The molecule has 0 aromatic carbocycles. The topological polar surface area (TPSA) is 337 Å².